The lowest BCUT2D eigenvalue weighted by Gasteiger charge is -2.14. The molecule has 0 aliphatic rings. The average Bonchev–Trinajstić information content (AvgIpc) is 2.37. The fourth-order valence-corrected chi connectivity index (χ4v) is 1.69. The molecule has 2 heteroatoms. The number of hydrogen-bond donors (Lipinski definition) is 1. The van der Waals surface area contributed by atoms with Crippen molar-refractivity contribution in [1.82, 2.24) is 5.32 Å². The van der Waals surface area contributed by atoms with Gasteiger partial charge in [0.1, 0.15) is 5.75 Å². The molecular weight excluding hydrogens is 210 g/mol. The van der Waals surface area contributed by atoms with Crippen LogP contribution in [0.5, 0.6) is 5.75 Å². The third-order valence-corrected chi connectivity index (χ3v) is 2.83. The van der Waals surface area contributed by atoms with Gasteiger partial charge in [-0.25, -0.2) is 0 Å². The van der Waals surface area contributed by atoms with Crippen molar-refractivity contribution in [2.45, 2.75) is 46.1 Å². The van der Waals surface area contributed by atoms with E-state index in [9.17, 15) is 0 Å². The van der Waals surface area contributed by atoms with Gasteiger partial charge in [0.25, 0.3) is 0 Å². The second kappa shape index (κ2) is 8.13. The molecule has 17 heavy (non-hydrogen) atoms. The zero-order chi connectivity index (χ0) is 12.5. The van der Waals surface area contributed by atoms with Crippen LogP contribution in [-0.4, -0.2) is 13.2 Å². The van der Waals surface area contributed by atoms with Crippen molar-refractivity contribution in [3.8, 4) is 5.75 Å². The minimum atomic E-state index is 0.418. The van der Waals surface area contributed by atoms with Crippen LogP contribution in [0.15, 0.2) is 24.3 Å². The number of hydrogen-bond acceptors (Lipinski definition) is 2. The van der Waals surface area contributed by atoms with E-state index >= 15 is 0 Å². The van der Waals surface area contributed by atoms with Gasteiger partial charge >= 0.3 is 0 Å². The minimum Gasteiger partial charge on any atom is -0.494 e. The van der Waals surface area contributed by atoms with Crippen LogP contribution >= 0.6 is 0 Å². The zero-order valence-corrected chi connectivity index (χ0v) is 11.3. The van der Waals surface area contributed by atoms with E-state index in [-0.39, 0.29) is 0 Å². The molecule has 1 aromatic rings. The molecule has 0 amide bonds. The first kappa shape index (κ1) is 14.0. The Morgan fingerprint density at radius 3 is 2.41 bits per heavy atom. The van der Waals surface area contributed by atoms with Crippen LogP contribution in [0.2, 0.25) is 0 Å². The van der Waals surface area contributed by atoms with E-state index < -0.39 is 0 Å². The fraction of sp³-hybridized carbons (Fsp3) is 0.600. The molecule has 0 aliphatic carbocycles. The number of unbranched alkanes of at least 4 members (excludes halogenated alkanes) is 1. The molecule has 0 aromatic heterocycles. The van der Waals surface area contributed by atoms with Crippen molar-refractivity contribution in [3.63, 3.8) is 0 Å². The van der Waals surface area contributed by atoms with Crippen molar-refractivity contribution in [2.75, 3.05) is 13.2 Å². The van der Waals surface area contributed by atoms with Crippen molar-refractivity contribution < 1.29 is 4.74 Å². The van der Waals surface area contributed by atoms with Gasteiger partial charge < -0.3 is 10.1 Å². The molecule has 0 saturated heterocycles. The predicted octanol–water partition coefficient (Wildman–Crippen LogP) is 3.93. The first-order valence-corrected chi connectivity index (χ1v) is 6.74. The highest BCUT2D eigenvalue weighted by atomic mass is 16.5. The Bertz CT molecular complexity index is 294. The van der Waals surface area contributed by atoms with E-state index in [0.717, 1.165) is 25.3 Å². The van der Waals surface area contributed by atoms with E-state index in [0.29, 0.717) is 6.04 Å². The van der Waals surface area contributed by atoms with E-state index in [4.69, 9.17) is 4.74 Å². The zero-order valence-electron chi connectivity index (χ0n) is 11.3. The summed E-state index contributed by atoms with van der Waals surface area (Å²) in [5.41, 5.74) is 1.32. The van der Waals surface area contributed by atoms with E-state index in [1.807, 2.05) is 0 Å². The van der Waals surface area contributed by atoms with Gasteiger partial charge in [0.05, 0.1) is 6.61 Å². The molecule has 1 N–H and O–H groups in total. The molecule has 0 bridgehead atoms. The summed E-state index contributed by atoms with van der Waals surface area (Å²) in [5.74, 6) is 0.969. The Morgan fingerprint density at radius 1 is 1.12 bits per heavy atom. The van der Waals surface area contributed by atoms with Gasteiger partial charge in [0.2, 0.25) is 0 Å². The monoisotopic (exact) mass is 235 g/mol. The first-order valence-electron chi connectivity index (χ1n) is 6.74. The maximum Gasteiger partial charge on any atom is 0.119 e. The highest BCUT2D eigenvalue weighted by Crippen LogP contribution is 2.17. The van der Waals surface area contributed by atoms with Gasteiger partial charge in [0.15, 0.2) is 0 Å². The molecule has 0 unspecified atom stereocenters. The molecule has 0 spiro atoms. The lowest BCUT2D eigenvalue weighted by molar-refractivity contribution is 0.317. The summed E-state index contributed by atoms with van der Waals surface area (Å²) in [6.07, 6.45) is 3.53. The molecule has 1 atom stereocenters. The lowest BCUT2D eigenvalue weighted by Crippen LogP contribution is -2.19. The smallest absolute Gasteiger partial charge is 0.119 e. The van der Waals surface area contributed by atoms with Crippen LogP contribution in [0.25, 0.3) is 0 Å². The van der Waals surface area contributed by atoms with Crippen molar-refractivity contribution in [3.05, 3.63) is 29.8 Å². The second-order valence-corrected chi connectivity index (χ2v) is 4.45. The largest absolute Gasteiger partial charge is 0.494 e. The molecule has 0 radical (unpaired) electrons. The molecule has 1 rings (SSSR count). The summed E-state index contributed by atoms with van der Waals surface area (Å²) in [7, 11) is 0. The summed E-state index contributed by atoms with van der Waals surface area (Å²) in [6.45, 7) is 8.42. The Labute approximate surface area is 105 Å². The second-order valence-electron chi connectivity index (χ2n) is 4.45. The van der Waals surface area contributed by atoms with E-state index in [1.54, 1.807) is 0 Å². The van der Waals surface area contributed by atoms with Crippen LogP contribution in [0.3, 0.4) is 0 Å². The standard InChI is InChI=1S/C15H25NO/c1-4-6-11-16-13(3)14-7-9-15(10-8-14)17-12-5-2/h7-10,13,16H,4-6,11-12H2,1-3H3/t13-/m1/s1. The van der Waals surface area contributed by atoms with E-state index in [1.165, 1.54) is 18.4 Å². The van der Waals surface area contributed by atoms with Crippen molar-refractivity contribution in [2.24, 2.45) is 0 Å². The molecule has 0 fully saturated rings. The molecule has 0 heterocycles. The third-order valence-electron chi connectivity index (χ3n) is 2.83. The molecule has 0 aliphatic heterocycles. The van der Waals surface area contributed by atoms with Crippen LogP contribution < -0.4 is 10.1 Å². The van der Waals surface area contributed by atoms with Crippen molar-refractivity contribution >= 4 is 0 Å². The Hall–Kier alpha value is -1.02. The highest BCUT2D eigenvalue weighted by molar-refractivity contribution is 5.28. The van der Waals surface area contributed by atoms with Crippen LogP contribution in [-0.2, 0) is 0 Å². The minimum absolute atomic E-state index is 0.418. The van der Waals surface area contributed by atoms with Crippen LogP contribution in [0.1, 0.15) is 51.6 Å². The molecule has 96 valence electrons. The Morgan fingerprint density at radius 2 is 1.82 bits per heavy atom. The van der Waals surface area contributed by atoms with Crippen LogP contribution in [0, 0.1) is 0 Å². The molecule has 1 aromatic carbocycles. The summed E-state index contributed by atoms with van der Waals surface area (Å²) in [4.78, 5) is 0. The number of rotatable bonds is 8. The average molecular weight is 235 g/mol. The lowest BCUT2D eigenvalue weighted by atomic mass is 10.1. The van der Waals surface area contributed by atoms with Crippen molar-refractivity contribution in [1.29, 1.82) is 0 Å². The Balaban J connectivity index is 2.43. The molecule has 2 nitrogen and oxygen atoms in total. The normalized spacial score (nSPS) is 12.4. The van der Waals surface area contributed by atoms with Crippen LogP contribution in [0.4, 0.5) is 0 Å². The SMILES string of the molecule is CCCCN[C@H](C)c1ccc(OCCC)cc1. The summed E-state index contributed by atoms with van der Waals surface area (Å²) >= 11 is 0. The maximum absolute atomic E-state index is 5.57. The quantitative estimate of drug-likeness (QED) is 0.689. The predicted molar refractivity (Wildman–Crippen MR) is 73.6 cm³/mol. The number of nitrogens with one attached hydrogen (secondary N) is 1. The molecule has 0 saturated carbocycles. The maximum atomic E-state index is 5.57. The summed E-state index contributed by atoms with van der Waals surface area (Å²) in [6, 6.07) is 8.83. The summed E-state index contributed by atoms with van der Waals surface area (Å²) in [5, 5.41) is 3.52. The topological polar surface area (TPSA) is 21.3 Å². The van der Waals surface area contributed by atoms with Gasteiger partial charge in [0, 0.05) is 6.04 Å². The summed E-state index contributed by atoms with van der Waals surface area (Å²) < 4.78 is 5.57. The van der Waals surface area contributed by atoms with Gasteiger partial charge in [-0.05, 0) is 44.0 Å². The number of ether oxygens (including phenoxy) is 1. The fourth-order valence-electron chi connectivity index (χ4n) is 1.69. The van der Waals surface area contributed by atoms with Gasteiger partial charge in [-0.15, -0.1) is 0 Å². The Kier molecular flexibility index (Phi) is 6.71. The highest BCUT2D eigenvalue weighted by Gasteiger charge is 2.03. The van der Waals surface area contributed by atoms with Gasteiger partial charge in [-0.2, -0.15) is 0 Å². The van der Waals surface area contributed by atoms with E-state index in [2.05, 4.69) is 50.4 Å². The third kappa shape index (κ3) is 5.22. The number of benzene rings is 1. The first-order chi connectivity index (χ1) is 8.27. The van der Waals surface area contributed by atoms with Gasteiger partial charge in [-0.3, -0.25) is 0 Å². The van der Waals surface area contributed by atoms with Gasteiger partial charge in [-0.1, -0.05) is 32.4 Å². The molecular formula is C15H25NO.